The predicted octanol–water partition coefficient (Wildman–Crippen LogP) is 3.57. The summed E-state index contributed by atoms with van der Waals surface area (Å²) in [5.74, 6) is -0.399. The van der Waals surface area contributed by atoms with Gasteiger partial charge in [-0.1, -0.05) is 40.9 Å². The average Bonchev–Trinajstić information content (AvgIpc) is 2.86. The number of tetrazole rings is 1. The van der Waals surface area contributed by atoms with Gasteiger partial charge in [0.25, 0.3) is 0 Å². The van der Waals surface area contributed by atoms with Gasteiger partial charge in [0.2, 0.25) is 0 Å². The summed E-state index contributed by atoms with van der Waals surface area (Å²) >= 11 is 9.57. The van der Waals surface area contributed by atoms with Crippen molar-refractivity contribution in [2.75, 3.05) is 0 Å². The van der Waals surface area contributed by atoms with E-state index in [1.807, 2.05) is 13.0 Å². The number of hydrogen-bond donors (Lipinski definition) is 1. The van der Waals surface area contributed by atoms with Gasteiger partial charge in [-0.05, 0) is 35.0 Å². The summed E-state index contributed by atoms with van der Waals surface area (Å²) in [7, 11) is 0. The molecule has 0 aliphatic carbocycles. The number of nitrogens with zero attached hydrogens (tertiary/aromatic N) is 4. The molecule has 0 bridgehead atoms. The SMILES string of the molecule is CCCC(CC(=O)O)n1nnnc1-c1ccc(Br)cc1Cl. The van der Waals surface area contributed by atoms with Crippen LogP contribution in [0.3, 0.4) is 0 Å². The molecule has 0 fully saturated rings. The Kier molecular flexibility index (Phi) is 5.30. The zero-order chi connectivity index (χ0) is 15.4. The number of rotatable bonds is 6. The van der Waals surface area contributed by atoms with E-state index in [-0.39, 0.29) is 12.5 Å². The van der Waals surface area contributed by atoms with Crippen molar-refractivity contribution >= 4 is 33.5 Å². The number of carboxylic acids is 1. The number of halogens is 2. The van der Waals surface area contributed by atoms with Crippen LogP contribution in [0.15, 0.2) is 22.7 Å². The van der Waals surface area contributed by atoms with E-state index in [4.69, 9.17) is 16.7 Å². The molecule has 1 N–H and O–H groups in total. The molecule has 1 atom stereocenters. The lowest BCUT2D eigenvalue weighted by atomic mass is 10.1. The Morgan fingerprint density at radius 2 is 2.29 bits per heavy atom. The van der Waals surface area contributed by atoms with Crippen molar-refractivity contribution in [2.24, 2.45) is 0 Å². The zero-order valence-corrected chi connectivity index (χ0v) is 13.7. The minimum absolute atomic E-state index is 0.0278. The Labute approximate surface area is 135 Å². The summed E-state index contributed by atoms with van der Waals surface area (Å²) < 4.78 is 2.40. The fraction of sp³-hybridized carbons (Fsp3) is 0.385. The molecular weight excluding hydrogens is 360 g/mol. The first-order valence-corrected chi connectivity index (χ1v) is 7.65. The van der Waals surface area contributed by atoms with E-state index in [0.29, 0.717) is 22.8 Å². The minimum Gasteiger partial charge on any atom is -0.481 e. The van der Waals surface area contributed by atoms with Crippen LogP contribution in [0.2, 0.25) is 5.02 Å². The highest BCUT2D eigenvalue weighted by Gasteiger charge is 2.21. The monoisotopic (exact) mass is 372 g/mol. The van der Waals surface area contributed by atoms with Gasteiger partial charge >= 0.3 is 5.97 Å². The van der Waals surface area contributed by atoms with Gasteiger partial charge in [-0.3, -0.25) is 4.79 Å². The fourth-order valence-corrected chi connectivity index (χ4v) is 2.89. The van der Waals surface area contributed by atoms with Gasteiger partial charge in [0, 0.05) is 10.0 Å². The minimum atomic E-state index is -0.878. The van der Waals surface area contributed by atoms with Crippen LogP contribution in [0, 0.1) is 0 Å². The molecule has 21 heavy (non-hydrogen) atoms. The van der Waals surface area contributed by atoms with Gasteiger partial charge in [-0.2, -0.15) is 0 Å². The molecule has 1 aromatic heterocycles. The van der Waals surface area contributed by atoms with Crippen LogP contribution in [0.5, 0.6) is 0 Å². The van der Waals surface area contributed by atoms with E-state index in [1.54, 1.807) is 16.8 Å². The maximum atomic E-state index is 11.0. The zero-order valence-electron chi connectivity index (χ0n) is 11.3. The van der Waals surface area contributed by atoms with Gasteiger partial charge in [-0.25, -0.2) is 4.68 Å². The number of aromatic nitrogens is 4. The fourth-order valence-electron chi connectivity index (χ4n) is 2.13. The smallest absolute Gasteiger partial charge is 0.305 e. The predicted molar refractivity (Wildman–Crippen MR) is 82.2 cm³/mol. The highest BCUT2D eigenvalue weighted by molar-refractivity contribution is 9.10. The summed E-state index contributed by atoms with van der Waals surface area (Å²) in [5.41, 5.74) is 0.677. The second kappa shape index (κ2) is 7.00. The number of benzene rings is 1. The molecule has 1 aromatic carbocycles. The topological polar surface area (TPSA) is 80.9 Å². The summed E-state index contributed by atoms with van der Waals surface area (Å²) in [5, 5.41) is 21.2. The molecule has 0 saturated heterocycles. The number of carboxylic acid groups (broad SMARTS) is 1. The van der Waals surface area contributed by atoms with Crippen LogP contribution < -0.4 is 0 Å². The normalized spacial score (nSPS) is 12.3. The number of hydrogen-bond acceptors (Lipinski definition) is 4. The van der Waals surface area contributed by atoms with Gasteiger partial charge in [0.1, 0.15) is 0 Å². The van der Waals surface area contributed by atoms with E-state index in [2.05, 4.69) is 31.5 Å². The second-order valence-electron chi connectivity index (χ2n) is 4.61. The molecule has 8 heteroatoms. The van der Waals surface area contributed by atoms with Gasteiger partial charge < -0.3 is 5.11 Å². The Morgan fingerprint density at radius 3 is 2.90 bits per heavy atom. The molecule has 112 valence electrons. The Bertz CT molecular complexity index is 647. The molecule has 1 unspecified atom stereocenters. The van der Waals surface area contributed by atoms with E-state index >= 15 is 0 Å². The molecule has 1 heterocycles. The lowest BCUT2D eigenvalue weighted by Gasteiger charge is -2.16. The van der Waals surface area contributed by atoms with Crippen molar-refractivity contribution < 1.29 is 9.90 Å². The van der Waals surface area contributed by atoms with E-state index in [1.165, 1.54) is 0 Å². The largest absolute Gasteiger partial charge is 0.481 e. The molecular formula is C13H14BrClN4O2. The van der Waals surface area contributed by atoms with Crippen LogP contribution in [0.4, 0.5) is 0 Å². The Morgan fingerprint density at radius 1 is 1.52 bits per heavy atom. The van der Waals surface area contributed by atoms with Crippen molar-refractivity contribution in [1.82, 2.24) is 20.2 Å². The molecule has 6 nitrogen and oxygen atoms in total. The van der Waals surface area contributed by atoms with Crippen LogP contribution in [-0.2, 0) is 4.79 Å². The Hall–Kier alpha value is -1.47. The van der Waals surface area contributed by atoms with Crippen molar-refractivity contribution in [3.63, 3.8) is 0 Å². The first kappa shape index (κ1) is 15.9. The van der Waals surface area contributed by atoms with Gasteiger partial charge in [-0.15, -0.1) is 5.10 Å². The number of carbonyl (C=O) groups is 1. The van der Waals surface area contributed by atoms with Crippen molar-refractivity contribution in [2.45, 2.75) is 32.2 Å². The van der Waals surface area contributed by atoms with Crippen LogP contribution in [0.25, 0.3) is 11.4 Å². The Balaban J connectivity index is 2.42. The summed E-state index contributed by atoms with van der Waals surface area (Å²) in [4.78, 5) is 11.0. The van der Waals surface area contributed by atoms with E-state index < -0.39 is 5.97 Å². The molecule has 0 aliphatic heterocycles. The van der Waals surface area contributed by atoms with Gasteiger partial charge in [0.15, 0.2) is 5.82 Å². The summed E-state index contributed by atoms with van der Waals surface area (Å²) in [6.45, 7) is 1.99. The highest BCUT2D eigenvalue weighted by atomic mass is 79.9. The van der Waals surface area contributed by atoms with Crippen molar-refractivity contribution in [3.8, 4) is 11.4 Å². The first-order chi connectivity index (χ1) is 10.0. The molecule has 0 radical (unpaired) electrons. The van der Waals surface area contributed by atoms with Crippen LogP contribution in [-0.4, -0.2) is 31.3 Å². The molecule has 0 aliphatic rings. The average molecular weight is 374 g/mol. The molecule has 0 spiro atoms. The highest BCUT2D eigenvalue weighted by Crippen LogP contribution is 2.31. The van der Waals surface area contributed by atoms with Crippen molar-refractivity contribution in [1.29, 1.82) is 0 Å². The van der Waals surface area contributed by atoms with Gasteiger partial charge in [0.05, 0.1) is 17.5 Å². The maximum absolute atomic E-state index is 11.0. The lowest BCUT2D eigenvalue weighted by molar-refractivity contribution is -0.138. The third-order valence-electron chi connectivity index (χ3n) is 3.04. The summed E-state index contributed by atoms with van der Waals surface area (Å²) in [6, 6.07) is 5.10. The third kappa shape index (κ3) is 3.79. The van der Waals surface area contributed by atoms with E-state index in [9.17, 15) is 4.79 Å². The molecule has 0 saturated carbocycles. The molecule has 2 aromatic rings. The van der Waals surface area contributed by atoms with E-state index in [0.717, 1.165) is 10.9 Å². The van der Waals surface area contributed by atoms with Crippen LogP contribution >= 0.6 is 27.5 Å². The maximum Gasteiger partial charge on any atom is 0.305 e. The first-order valence-electron chi connectivity index (χ1n) is 6.48. The number of aliphatic carboxylic acids is 1. The second-order valence-corrected chi connectivity index (χ2v) is 5.93. The van der Waals surface area contributed by atoms with Crippen molar-refractivity contribution in [3.05, 3.63) is 27.7 Å². The quantitative estimate of drug-likeness (QED) is 0.837. The van der Waals surface area contributed by atoms with Crippen LogP contribution in [0.1, 0.15) is 32.2 Å². The molecule has 2 rings (SSSR count). The molecule has 0 amide bonds. The summed E-state index contributed by atoms with van der Waals surface area (Å²) in [6.07, 6.45) is 1.49. The third-order valence-corrected chi connectivity index (χ3v) is 3.85. The standard InChI is InChI=1S/C13H14BrClN4O2/c1-2-3-9(7-12(20)21)19-13(16-17-18-19)10-5-4-8(14)6-11(10)15/h4-6,9H,2-3,7H2,1H3,(H,20,21). The lowest BCUT2D eigenvalue weighted by Crippen LogP contribution is -2.16.